The van der Waals surface area contributed by atoms with Crippen LogP contribution >= 0.6 is 0 Å². The Balaban J connectivity index is 1.61. The molecule has 0 atom stereocenters. The van der Waals surface area contributed by atoms with Gasteiger partial charge in [0.2, 0.25) is 0 Å². The van der Waals surface area contributed by atoms with Crippen molar-refractivity contribution in [2.24, 2.45) is 4.99 Å². The summed E-state index contributed by atoms with van der Waals surface area (Å²) in [6.45, 7) is -0.0805. The Morgan fingerprint density at radius 2 is 1.89 bits per heavy atom. The molecule has 3 aromatic rings. The summed E-state index contributed by atoms with van der Waals surface area (Å²) < 4.78 is 29.8. The lowest BCUT2D eigenvalue weighted by atomic mass is 10.1. The van der Waals surface area contributed by atoms with Gasteiger partial charge in [0, 0.05) is 30.4 Å². The van der Waals surface area contributed by atoms with Crippen molar-refractivity contribution >= 4 is 16.9 Å². The van der Waals surface area contributed by atoms with Crippen molar-refractivity contribution in [1.82, 2.24) is 15.6 Å². The van der Waals surface area contributed by atoms with Crippen LogP contribution in [-0.2, 0) is 13.1 Å². The van der Waals surface area contributed by atoms with E-state index < -0.39 is 6.61 Å². The number of nitrogens with one attached hydrogen (secondary N) is 3. The van der Waals surface area contributed by atoms with Gasteiger partial charge in [0.05, 0.1) is 6.54 Å². The number of hydrogen-bond donors (Lipinski definition) is 3. The monoisotopic (exact) mass is 372 g/mol. The Morgan fingerprint density at radius 1 is 1.11 bits per heavy atom. The maximum Gasteiger partial charge on any atom is 0.387 e. The molecule has 0 aliphatic carbocycles. The number of nitrogens with zero attached hydrogens (tertiary/aromatic N) is 1. The van der Waals surface area contributed by atoms with Crippen LogP contribution in [0.5, 0.6) is 5.75 Å². The van der Waals surface area contributed by atoms with Gasteiger partial charge >= 0.3 is 6.61 Å². The van der Waals surface area contributed by atoms with E-state index in [0.717, 1.165) is 22.2 Å². The molecule has 0 spiro atoms. The Hall–Kier alpha value is -3.09. The summed E-state index contributed by atoms with van der Waals surface area (Å²) >= 11 is 0. The van der Waals surface area contributed by atoms with Crippen molar-refractivity contribution in [3.05, 3.63) is 65.4 Å². The van der Waals surface area contributed by atoms with Crippen molar-refractivity contribution in [2.45, 2.75) is 26.6 Å². The van der Waals surface area contributed by atoms with Gasteiger partial charge in [-0.15, -0.1) is 0 Å². The van der Waals surface area contributed by atoms with E-state index >= 15 is 0 Å². The van der Waals surface area contributed by atoms with Crippen molar-refractivity contribution in [2.75, 3.05) is 7.05 Å². The van der Waals surface area contributed by atoms with Crippen molar-refractivity contribution in [3.8, 4) is 5.75 Å². The summed E-state index contributed by atoms with van der Waals surface area (Å²) in [4.78, 5) is 7.52. The second kappa shape index (κ2) is 8.53. The number of fused-ring (bicyclic) bond motifs is 1. The van der Waals surface area contributed by atoms with Crippen LogP contribution in [0.3, 0.4) is 0 Å². The molecule has 0 radical (unpaired) electrons. The van der Waals surface area contributed by atoms with Crippen molar-refractivity contribution < 1.29 is 13.5 Å². The molecule has 0 amide bonds. The Morgan fingerprint density at radius 3 is 2.63 bits per heavy atom. The number of ether oxygens (including phenoxy) is 1. The molecule has 3 rings (SSSR count). The molecule has 0 bridgehead atoms. The van der Waals surface area contributed by atoms with E-state index in [2.05, 4.69) is 31.4 Å². The third kappa shape index (κ3) is 4.97. The predicted molar refractivity (Wildman–Crippen MR) is 103 cm³/mol. The highest BCUT2D eigenvalue weighted by Crippen LogP contribution is 2.22. The summed E-state index contributed by atoms with van der Waals surface area (Å²) in [5.74, 6) is 0.729. The summed E-state index contributed by atoms with van der Waals surface area (Å²) in [6.07, 6.45) is 0. The minimum absolute atomic E-state index is 0.161. The molecule has 5 nitrogen and oxygen atoms in total. The number of aliphatic imine (C=N–C) groups is 1. The van der Waals surface area contributed by atoms with Crippen molar-refractivity contribution in [1.29, 1.82) is 0 Å². The van der Waals surface area contributed by atoms with E-state index in [9.17, 15) is 8.78 Å². The zero-order chi connectivity index (χ0) is 19.2. The first-order valence-corrected chi connectivity index (χ1v) is 8.60. The van der Waals surface area contributed by atoms with Crippen LogP contribution in [0.25, 0.3) is 10.9 Å². The van der Waals surface area contributed by atoms with Gasteiger partial charge in [-0.3, -0.25) is 4.99 Å². The highest BCUT2D eigenvalue weighted by atomic mass is 19.3. The van der Waals surface area contributed by atoms with E-state index in [0.29, 0.717) is 24.6 Å². The number of aryl methyl sites for hydroxylation is 1. The Bertz CT molecular complexity index is 904. The summed E-state index contributed by atoms with van der Waals surface area (Å²) in [5, 5.41) is 7.49. The molecule has 0 saturated heterocycles. The largest absolute Gasteiger partial charge is 0.434 e. The first kappa shape index (κ1) is 18.7. The number of aromatic nitrogens is 1. The zero-order valence-electron chi connectivity index (χ0n) is 15.2. The smallest absolute Gasteiger partial charge is 0.387 e. The number of guanidine groups is 1. The molecular formula is C20H22F2N4O. The van der Waals surface area contributed by atoms with Crippen LogP contribution in [0, 0.1) is 6.92 Å². The molecule has 27 heavy (non-hydrogen) atoms. The maximum absolute atomic E-state index is 12.6. The molecule has 0 aliphatic rings. The van der Waals surface area contributed by atoms with Gasteiger partial charge in [0.15, 0.2) is 5.96 Å². The molecule has 7 heteroatoms. The van der Waals surface area contributed by atoms with E-state index in [1.165, 1.54) is 0 Å². The number of hydrogen-bond acceptors (Lipinski definition) is 2. The third-order valence-electron chi connectivity index (χ3n) is 4.13. The molecule has 142 valence electrons. The number of benzene rings is 2. The first-order chi connectivity index (χ1) is 13.0. The number of aromatic amines is 1. The average molecular weight is 372 g/mol. The Kier molecular flexibility index (Phi) is 5.90. The third-order valence-corrected chi connectivity index (χ3v) is 4.13. The molecular weight excluding hydrogens is 350 g/mol. The number of alkyl halides is 2. The second-order valence-corrected chi connectivity index (χ2v) is 6.15. The van der Waals surface area contributed by atoms with Crippen LogP contribution in [0.4, 0.5) is 8.78 Å². The van der Waals surface area contributed by atoms with E-state index in [1.54, 1.807) is 19.2 Å². The summed E-state index contributed by atoms with van der Waals surface area (Å²) in [6, 6.07) is 15.2. The van der Waals surface area contributed by atoms with Crippen LogP contribution < -0.4 is 15.4 Å². The zero-order valence-corrected chi connectivity index (χ0v) is 15.2. The number of H-pyrrole nitrogens is 1. The van der Waals surface area contributed by atoms with Gasteiger partial charge in [-0.25, -0.2) is 0 Å². The molecule has 1 aromatic heterocycles. The van der Waals surface area contributed by atoms with Gasteiger partial charge in [-0.2, -0.15) is 8.78 Å². The van der Waals surface area contributed by atoms with Gasteiger partial charge in [0.25, 0.3) is 0 Å². The molecule has 0 fully saturated rings. The van der Waals surface area contributed by atoms with Gasteiger partial charge < -0.3 is 20.4 Å². The van der Waals surface area contributed by atoms with Gasteiger partial charge in [-0.05, 0) is 30.5 Å². The fourth-order valence-corrected chi connectivity index (χ4v) is 2.86. The lowest BCUT2D eigenvalue weighted by molar-refractivity contribution is -0.0504. The van der Waals surface area contributed by atoms with Crippen molar-refractivity contribution in [3.63, 3.8) is 0 Å². The normalized spacial score (nSPS) is 11.8. The Labute approximate surface area is 156 Å². The van der Waals surface area contributed by atoms with E-state index in [-0.39, 0.29) is 5.75 Å². The SMILES string of the molecule is CN=C(NCc1cc2ccccc2[nH]1)NCc1cc(C)ccc1OC(F)F. The van der Waals surface area contributed by atoms with E-state index in [1.807, 2.05) is 37.3 Å². The molecule has 0 unspecified atom stereocenters. The molecule has 3 N–H and O–H groups in total. The lowest BCUT2D eigenvalue weighted by Gasteiger charge is -2.15. The van der Waals surface area contributed by atoms with E-state index in [4.69, 9.17) is 0 Å². The highest BCUT2D eigenvalue weighted by Gasteiger charge is 2.10. The number of para-hydroxylation sites is 1. The quantitative estimate of drug-likeness (QED) is 0.454. The molecule has 0 saturated carbocycles. The molecule has 0 aliphatic heterocycles. The minimum atomic E-state index is -2.86. The minimum Gasteiger partial charge on any atom is -0.434 e. The fourth-order valence-electron chi connectivity index (χ4n) is 2.86. The van der Waals surface area contributed by atoms with Crippen LogP contribution in [0.1, 0.15) is 16.8 Å². The maximum atomic E-state index is 12.6. The number of halogens is 2. The molecule has 2 aromatic carbocycles. The highest BCUT2D eigenvalue weighted by molar-refractivity contribution is 5.81. The standard InChI is InChI=1S/C20H22F2N4O/c1-13-7-8-18(27-19(21)22)15(9-13)11-24-20(23-2)25-12-16-10-14-5-3-4-6-17(14)26-16/h3-10,19,26H,11-12H2,1-2H3,(H2,23,24,25). The molecule has 1 heterocycles. The lowest BCUT2D eigenvalue weighted by Crippen LogP contribution is -2.36. The average Bonchev–Trinajstić information content (AvgIpc) is 3.06. The predicted octanol–water partition coefficient (Wildman–Crippen LogP) is 3.94. The van der Waals surface area contributed by atoms with Gasteiger partial charge in [-0.1, -0.05) is 35.9 Å². The first-order valence-electron chi connectivity index (χ1n) is 8.60. The number of rotatable bonds is 6. The van der Waals surface area contributed by atoms with Crippen LogP contribution in [0.2, 0.25) is 0 Å². The topological polar surface area (TPSA) is 61.4 Å². The summed E-state index contributed by atoms with van der Waals surface area (Å²) in [7, 11) is 1.66. The van der Waals surface area contributed by atoms with Crippen LogP contribution in [-0.4, -0.2) is 24.6 Å². The van der Waals surface area contributed by atoms with Crippen LogP contribution in [0.15, 0.2) is 53.5 Å². The summed E-state index contributed by atoms with van der Waals surface area (Å²) in [5.41, 5.74) is 3.71. The second-order valence-electron chi connectivity index (χ2n) is 6.15. The fraction of sp³-hybridized carbons (Fsp3) is 0.250. The van der Waals surface area contributed by atoms with Gasteiger partial charge in [0.1, 0.15) is 5.75 Å².